The molecule has 0 radical (unpaired) electrons. The third kappa shape index (κ3) is 4.04. The number of anilines is 3. The number of carbonyl (C=O) groups excluding carboxylic acids is 1. The highest BCUT2D eigenvalue weighted by atomic mass is 35.5. The summed E-state index contributed by atoms with van der Waals surface area (Å²) < 4.78 is 0. The second-order valence-electron chi connectivity index (χ2n) is 5.01. The third-order valence-electron chi connectivity index (χ3n) is 3.27. The summed E-state index contributed by atoms with van der Waals surface area (Å²) in [5.74, 6) is -0.271. The molecule has 0 bridgehead atoms. The fourth-order valence-electron chi connectivity index (χ4n) is 2.09. The molecule has 6 heteroatoms. The molecule has 2 N–H and O–H groups in total. The average molecular weight is 358 g/mol. The SMILES string of the molecule is O=C(Nc1ccc(Cl)c(Nc2ccccc2)c1)c1ccc(Cl)nc1. The van der Waals surface area contributed by atoms with Crippen molar-refractivity contribution in [3.05, 3.63) is 82.6 Å². The van der Waals surface area contributed by atoms with Crippen LogP contribution in [0.4, 0.5) is 17.1 Å². The van der Waals surface area contributed by atoms with Gasteiger partial charge in [0, 0.05) is 17.6 Å². The molecule has 3 rings (SSSR count). The monoisotopic (exact) mass is 357 g/mol. The second-order valence-corrected chi connectivity index (χ2v) is 5.80. The van der Waals surface area contributed by atoms with E-state index in [9.17, 15) is 4.79 Å². The normalized spacial score (nSPS) is 10.2. The van der Waals surface area contributed by atoms with Gasteiger partial charge < -0.3 is 10.6 Å². The summed E-state index contributed by atoms with van der Waals surface area (Å²) in [5, 5.41) is 6.93. The zero-order valence-corrected chi connectivity index (χ0v) is 14.0. The molecule has 0 spiro atoms. The number of para-hydroxylation sites is 1. The van der Waals surface area contributed by atoms with Crippen molar-refractivity contribution in [2.45, 2.75) is 0 Å². The summed E-state index contributed by atoms with van der Waals surface area (Å²) in [6.07, 6.45) is 1.43. The molecule has 0 unspecified atom stereocenters. The van der Waals surface area contributed by atoms with E-state index in [2.05, 4.69) is 15.6 Å². The summed E-state index contributed by atoms with van der Waals surface area (Å²) in [7, 11) is 0. The minimum absolute atomic E-state index is 0.271. The first-order valence-electron chi connectivity index (χ1n) is 7.16. The van der Waals surface area contributed by atoms with Crippen LogP contribution in [0, 0.1) is 0 Å². The minimum atomic E-state index is -0.271. The number of aromatic nitrogens is 1. The van der Waals surface area contributed by atoms with Gasteiger partial charge in [-0.25, -0.2) is 4.98 Å². The molecule has 24 heavy (non-hydrogen) atoms. The molecule has 3 aromatic rings. The van der Waals surface area contributed by atoms with Gasteiger partial charge in [0.25, 0.3) is 5.91 Å². The number of pyridine rings is 1. The molecule has 1 heterocycles. The lowest BCUT2D eigenvalue weighted by Crippen LogP contribution is -2.12. The zero-order chi connectivity index (χ0) is 16.9. The summed E-state index contributed by atoms with van der Waals surface area (Å²) in [6, 6.07) is 18.1. The number of benzene rings is 2. The number of halogens is 2. The van der Waals surface area contributed by atoms with E-state index in [1.54, 1.807) is 30.3 Å². The maximum Gasteiger partial charge on any atom is 0.257 e. The molecule has 0 aliphatic carbocycles. The summed E-state index contributed by atoms with van der Waals surface area (Å²) in [4.78, 5) is 16.1. The molecule has 0 atom stereocenters. The Bertz CT molecular complexity index is 852. The fraction of sp³-hybridized carbons (Fsp3) is 0. The number of hydrogen-bond acceptors (Lipinski definition) is 3. The minimum Gasteiger partial charge on any atom is -0.354 e. The zero-order valence-electron chi connectivity index (χ0n) is 12.5. The first-order chi connectivity index (χ1) is 11.6. The Morgan fingerprint density at radius 2 is 1.71 bits per heavy atom. The summed E-state index contributed by atoms with van der Waals surface area (Å²) in [6.45, 7) is 0. The first kappa shape index (κ1) is 16.3. The fourth-order valence-corrected chi connectivity index (χ4v) is 2.37. The Hall–Kier alpha value is -2.56. The molecule has 0 saturated carbocycles. The smallest absolute Gasteiger partial charge is 0.257 e. The molecule has 0 aliphatic rings. The van der Waals surface area contributed by atoms with E-state index < -0.39 is 0 Å². The van der Waals surface area contributed by atoms with Gasteiger partial charge in [-0.15, -0.1) is 0 Å². The van der Waals surface area contributed by atoms with Gasteiger partial charge in [-0.3, -0.25) is 4.79 Å². The van der Waals surface area contributed by atoms with Gasteiger partial charge in [-0.2, -0.15) is 0 Å². The predicted molar refractivity (Wildman–Crippen MR) is 98.4 cm³/mol. The quantitative estimate of drug-likeness (QED) is 0.616. The van der Waals surface area contributed by atoms with Crippen LogP contribution in [0.3, 0.4) is 0 Å². The standard InChI is InChI=1S/C18H13Cl2N3O/c19-15-8-7-14(10-16(15)22-13-4-2-1-3-5-13)23-18(24)12-6-9-17(20)21-11-12/h1-11,22H,(H,23,24). The van der Waals surface area contributed by atoms with E-state index in [-0.39, 0.29) is 5.91 Å². The van der Waals surface area contributed by atoms with Crippen molar-refractivity contribution in [1.29, 1.82) is 0 Å². The molecule has 0 fully saturated rings. The number of hydrogen-bond donors (Lipinski definition) is 2. The van der Waals surface area contributed by atoms with Gasteiger partial charge in [-0.1, -0.05) is 41.4 Å². The number of amides is 1. The maximum atomic E-state index is 12.2. The highest BCUT2D eigenvalue weighted by molar-refractivity contribution is 6.33. The van der Waals surface area contributed by atoms with Crippen molar-refractivity contribution >= 4 is 46.2 Å². The molecule has 0 aliphatic heterocycles. The van der Waals surface area contributed by atoms with Crippen LogP contribution in [0.1, 0.15) is 10.4 Å². The Morgan fingerprint density at radius 1 is 0.917 bits per heavy atom. The van der Waals surface area contributed by atoms with E-state index in [0.29, 0.717) is 27.1 Å². The molecule has 120 valence electrons. The van der Waals surface area contributed by atoms with Gasteiger partial charge >= 0.3 is 0 Å². The van der Waals surface area contributed by atoms with Crippen LogP contribution < -0.4 is 10.6 Å². The van der Waals surface area contributed by atoms with Crippen LogP contribution >= 0.6 is 23.2 Å². The Kier molecular flexibility index (Phi) is 4.99. The second kappa shape index (κ2) is 7.34. The van der Waals surface area contributed by atoms with Crippen LogP contribution in [0.2, 0.25) is 10.2 Å². The molecule has 4 nitrogen and oxygen atoms in total. The Morgan fingerprint density at radius 3 is 2.42 bits per heavy atom. The molecule has 1 amide bonds. The third-order valence-corrected chi connectivity index (χ3v) is 3.82. The highest BCUT2D eigenvalue weighted by Gasteiger charge is 2.09. The van der Waals surface area contributed by atoms with Crippen molar-refractivity contribution in [2.75, 3.05) is 10.6 Å². The van der Waals surface area contributed by atoms with Crippen LogP contribution in [0.25, 0.3) is 0 Å². The maximum absolute atomic E-state index is 12.2. The lowest BCUT2D eigenvalue weighted by Gasteiger charge is -2.11. The van der Waals surface area contributed by atoms with Crippen molar-refractivity contribution in [3.8, 4) is 0 Å². The lowest BCUT2D eigenvalue weighted by molar-refractivity contribution is 0.102. The van der Waals surface area contributed by atoms with Crippen LogP contribution in [0.5, 0.6) is 0 Å². The number of nitrogens with zero attached hydrogens (tertiary/aromatic N) is 1. The summed E-state index contributed by atoms with van der Waals surface area (Å²) in [5.41, 5.74) is 2.66. The first-order valence-corrected chi connectivity index (χ1v) is 7.92. The summed E-state index contributed by atoms with van der Waals surface area (Å²) >= 11 is 11.9. The van der Waals surface area contributed by atoms with Crippen molar-refractivity contribution in [3.63, 3.8) is 0 Å². The van der Waals surface area contributed by atoms with E-state index in [1.165, 1.54) is 6.20 Å². The number of rotatable bonds is 4. The lowest BCUT2D eigenvalue weighted by atomic mass is 10.2. The van der Waals surface area contributed by atoms with Crippen LogP contribution in [-0.2, 0) is 0 Å². The highest BCUT2D eigenvalue weighted by Crippen LogP contribution is 2.28. The molecule has 2 aromatic carbocycles. The Labute approximate surface area is 149 Å². The average Bonchev–Trinajstić information content (AvgIpc) is 2.59. The topological polar surface area (TPSA) is 54.0 Å². The number of nitrogens with one attached hydrogen (secondary N) is 2. The van der Waals surface area contributed by atoms with Gasteiger partial charge in [-0.05, 0) is 42.5 Å². The Balaban J connectivity index is 1.78. The van der Waals surface area contributed by atoms with Crippen molar-refractivity contribution in [1.82, 2.24) is 4.98 Å². The van der Waals surface area contributed by atoms with E-state index in [0.717, 1.165) is 5.69 Å². The van der Waals surface area contributed by atoms with Crippen molar-refractivity contribution < 1.29 is 4.79 Å². The molecular formula is C18H13Cl2N3O. The molecule has 1 aromatic heterocycles. The van der Waals surface area contributed by atoms with E-state index in [4.69, 9.17) is 23.2 Å². The largest absolute Gasteiger partial charge is 0.354 e. The van der Waals surface area contributed by atoms with Gasteiger partial charge in [0.2, 0.25) is 0 Å². The van der Waals surface area contributed by atoms with Gasteiger partial charge in [0.15, 0.2) is 0 Å². The van der Waals surface area contributed by atoms with E-state index in [1.807, 2.05) is 30.3 Å². The van der Waals surface area contributed by atoms with Crippen LogP contribution in [-0.4, -0.2) is 10.9 Å². The predicted octanol–water partition coefficient (Wildman–Crippen LogP) is 5.38. The van der Waals surface area contributed by atoms with Crippen LogP contribution in [0.15, 0.2) is 66.9 Å². The van der Waals surface area contributed by atoms with Gasteiger partial charge in [0.05, 0.1) is 16.3 Å². The van der Waals surface area contributed by atoms with Gasteiger partial charge in [0.1, 0.15) is 5.15 Å². The molecular weight excluding hydrogens is 345 g/mol. The van der Waals surface area contributed by atoms with Crippen molar-refractivity contribution in [2.24, 2.45) is 0 Å². The van der Waals surface area contributed by atoms with E-state index >= 15 is 0 Å². The molecule has 0 saturated heterocycles. The number of carbonyl (C=O) groups is 1.